The van der Waals surface area contributed by atoms with Crippen LogP contribution in [-0.2, 0) is 0 Å². The Balaban J connectivity index is 1.35. The average Bonchev–Trinajstić information content (AvgIpc) is 2.86. The van der Waals surface area contributed by atoms with Crippen LogP contribution in [0, 0.1) is 11.6 Å². The van der Waals surface area contributed by atoms with E-state index in [1.54, 1.807) is 17.3 Å². The van der Waals surface area contributed by atoms with E-state index < -0.39 is 17.7 Å². The number of rotatable bonds is 4. The minimum Gasteiger partial charge on any atom is -0.395 e. The Labute approximate surface area is 203 Å². The van der Waals surface area contributed by atoms with Crippen LogP contribution in [0.4, 0.5) is 19.3 Å². The number of anilines is 1. The summed E-state index contributed by atoms with van der Waals surface area (Å²) in [6, 6.07) is 14.8. The number of nitrogens with one attached hydrogen (secondary N) is 1. The van der Waals surface area contributed by atoms with Gasteiger partial charge in [0.1, 0.15) is 11.6 Å². The molecule has 0 unspecified atom stereocenters. The maximum absolute atomic E-state index is 14.1. The van der Waals surface area contributed by atoms with E-state index >= 15 is 0 Å². The lowest BCUT2D eigenvalue weighted by molar-refractivity contribution is -0.0585. The molecule has 0 radical (unpaired) electrons. The molecule has 1 aromatic heterocycles. The molecule has 2 aliphatic heterocycles. The minimum atomic E-state index is -0.676. The zero-order valence-corrected chi connectivity index (χ0v) is 19.3. The van der Waals surface area contributed by atoms with Crippen molar-refractivity contribution in [2.75, 3.05) is 31.6 Å². The van der Waals surface area contributed by atoms with E-state index in [-0.39, 0.29) is 30.3 Å². The number of aliphatic hydroxyl groups excluding tert-OH is 1. The van der Waals surface area contributed by atoms with Crippen molar-refractivity contribution < 1.29 is 18.7 Å². The molecule has 2 aliphatic rings. The largest absolute Gasteiger partial charge is 0.395 e. The fraction of sp³-hybridized carbons (Fsp3) is 0.333. The number of halogens is 2. The fourth-order valence-corrected chi connectivity index (χ4v) is 5.35. The maximum Gasteiger partial charge on any atom is 0.321 e. The van der Waals surface area contributed by atoms with Gasteiger partial charge >= 0.3 is 6.03 Å². The summed E-state index contributed by atoms with van der Waals surface area (Å²) in [7, 11) is 0. The molecular weight excluding hydrogens is 450 g/mol. The Kier molecular flexibility index (Phi) is 6.74. The monoisotopic (exact) mass is 478 g/mol. The second-order valence-corrected chi connectivity index (χ2v) is 9.15. The highest BCUT2D eigenvalue weighted by molar-refractivity contribution is 5.89. The molecule has 3 atom stereocenters. The molecule has 0 saturated carbocycles. The molecule has 8 heteroatoms. The van der Waals surface area contributed by atoms with Gasteiger partial charge in [0, 0.05) is 49.6 Å². The zero-order valence-electron chi connectivity index (χ0n) is 19.3. The number of urea groups is 1. The van der Waals surface area contributed by atoms with Crippen molar-refractivity contribution in [3.05, 3.63) is 84.2 Å². The molecule has 2 N–H and O–H groups in total. The van der Waals surface area contributed by atoms with Crippen molar-refractivity contribution in [3.63, 3.8) is 0 Å². The summed E-state index contributed by atoms with van der Waals surface area (Å²) in [4.78, 5) is 21.0. The molecule has 0 aliphatic carbocycles. The van der Waals surface area contributed by atoms with E-state index in [9.17, 15) is 18.7 Å². The lowest BCUT2D eigenvalue weighted by atomic mass is 9.74. The quantitative estimate of drug-likeness (QED) is 0.580. The van der Waals surface area contributed by atoms with Gasteiger partial charge in [0.15, 0.2) is 0 Å². The number of nitrogens with zero attached hydrogens (tertiary/aromatic N) is 3. The topological polar surface area (TPSA) is 68.7 Å². The first kappa shape index (κ1) is 23.4. The number of aromatic nitrogens is 1. The molecule has 3 aromatic rings. The number of hydrogen-bond donors (Lipinski definition) is 2. The number of carbonyl (C=O) groups is 1. The van der Waals surface area contributed by atoms with Crippen LogP contribution in [0.2, 0.25) is 0 Å². The van der Waals surface area contributed by atoms with Crippen LogP contribution in [0.15, 0.2) is 67.0 Å². The van der Waals surface area contributed by atoms with E-state index in [1.165, 1.54) is 0 Å². The Morgan fingerprint density at radius 2 is 1.71 bits per heavy atom. The van der Waals surface area contributed by atoms with Gasteiger partial charge in [-0.25, -0.2) is 13.6 Å². The number of pyridine rings is 1. The van der Waals surface area contributed by atoms with E-state index in [0.717, 1.165) is 54.3 Å². The summed E-state index contributed by atoms with van der Waals surface area (Å²) in [6.45, 7) is 1.87. The van der Waals surface area contributed by atoms with Gasteiger partial charge in [0.2, 0.25) is 0 Å². The third-order valence-corrected chi connectivity index (χ3v) is 7.14. The first-order valence-corrected chi connectivity index (χ1v) is 11.9. The smallest absolute Gasteiger partial charge is 0.321 e. The highest BCUT2D eigenvalue weighted by Crippen LogP contribution is 2.42. The SMILES string of the molecule is O=C(Nc1cc(F)ccc1F)N1CCCCN2[C@H](CO)[C@H](c3ccc(-c4ccncc4)cc3)[C@@H]2C1. The number of amides is 2. The lowest BCUT2D eigenvalue weighted by Gasteiger charge is -2.57. The molecular formula is C27H28F2N4O2. The van der Waals surface area contributed by atoms with Crippen molar-refractivity contribution in [1.82, 2.24) is 14.8 Å². The molecule has 2 fully saturated rings. The highest BCUT2D eigenvalue weighted by Gasteiger charge is 2.49. The third kappa shape index (κ3) is 4.76. The summed E-state index contributed by atoms with van der Waals surface area (Å²) in [5, 5.41) is 12.7. The van der Waals surface area contributed by atoms with Crippen LogP contribution in [0.1, 0.15) is 24.3 Å². The summed E-state index contributed by atoms with van der Waals surface area (Å²) in [6.07, 6.45) is 5.21. The van der Waals surface area contributed by atoms with Crippen molar-refractivity contribution in [2.45, 2.75) is 30.8 Å². The van der Waals surface area contributed by atoms with Gasteiger partial charge in [-0.15, -0.1) is 0 Å². The number of aliphatic hydroxyl groups is 1. The molecule has 35 heavy (non-hydrogen) atoms. The molecule has 6 nitrogen and oxygen atoms in total. The molecule has 0 spiro atoms. The van der Waals surface area contributed by atoms with E-state index in [4.69, 9.17) is 0 Å². The molecule has 5 rings (SSSR count). The van der Waals surface area contributed by atoms with E-state index in [0.29, 0.717) is 13.1 Å². The van der Waals surface area contributed by atoms with Crippen LogP contribution in [0.25, 0.3) is 11.1 Å². The number of fused-ring (bicyclic) bond motifs is 1. The number of carbonyl (C=O) groups excluding carboxylic acids is 1. The standard InChI is InChI=1S/C27H28F2N4O2/c28-21-7-8-22(29)23(15-21)31-27(35)32-13-1-2-14-33-24(16-32)26(25(33)17-34)20-5-3-18(4-6-20)19-9-11-30-12-10-19/h3-12,15,24-26,34H,1-2,13-14,16-17H2,(H,31,35)/t24-,25+,26+/m0/s1. The van der Waals surface area contributed by atoms with Crippen LogP contribution >= 0.6 is 0 Å². The summed E-state index contributed by atoms with van der Waals surface area (Å²) in [5.41, 5.74) is 3.11. The van der Waals surface area contributed by atoms with Crippen molar-refractivity contribution in [2.24, 2.45) is 0 Å². The second-order valence-electron chi connectivity index (χ2n) is 9.15. The fourth-order valence-electron chi connectivity index (χ4n) is 5.35. The van der Waals surface area contributed by atoms with Gasteiger partial charge in [0.25, 0.3) is 0 Å². The van der Waals surface area contributed by atoms with Crippen LogP contribution < -0.4 is 5.32 Å². The molecule has 3 heterocycles. The van der Waals surface area contributed by atoms with E-state index in [2.05, 4.69) is 39.5 Å². The van der Waals surface area contributed by atoms with Crippen molar-refractivity contribution in [1.29, 1.82) is 0 Å². The maximum atomic E-state index is 14.1. The molecule has 0 bridgehead atoms. The first-order valence-electron chi connectivity index (χ1n) is 11.9. The number of benzene rings is 2. The summed E-state index contributed by atoms with van der Waals surface area (Å²) in [5.74, 6) is -1.23. The van der Waals surface area contributed by atoms with Gasteiger partial charge < -0.3 is 15.3 Å². The Bertz CT molecular complexity index is 1180. The van der Waals surface area contributed by atoms with Gasteiger partial charge in [-0.3, -0.25) is 9.88 Å². The Hall–Kier alpha value is -3.36. The van der Waals surface area contributed by atoms with Crippen LogP contribution in [-0.4, -0.2) is 64.2 Å². The average molecular weight is 479 g/mol. The Morgan fingerprint density at radius 1 is 1.00 bits per heavy atom. The van der Waals surface area contributed by atoms with Gasteiger partial charge in [0.05, 0.1) is 12.3 Å². The first-order chi connectivity index (χ1) is 17.0. The molecule has 2 saturated heterocycles. The summed E-state index contributed by atoms with van der Waals surface area (Å²) < 4.78 is 27.7. The zero-order chi connectivity index (χ0) is 24.4. The van der Waals surface area contributed by atoms with Crippen LogP contribution in [0.3, 0.4) is 0 Å². The van der Waals surface area contributed by atoms with Gasteiger partial charge in [-0.2, -0.15) is 0 Å². The third-order valence-electron chi connectivity index (χ3n) is 7.14. The van der Waals surface area contributed by atoms with Crippen molar-refractivity contribution >= 4 is 11.7 Å². The molecule has 2 amide bonds. The van der Waals surface area contributed by atoms with Gasteiger partial charge in [-0.1, -0.05) is 24.3 Å². The highest BCUT2D eigenvalue weighted by atomic mass is 19.1. The number of hydrogen-bond acceptors (Lipinski definition) is 4. The van der Waals surface area contributed by atoms with Gasteiger partial charge in [-0.05, 0) is 60.3 Å². The van der Waals surface area contributed by atoms with Crippen LogP contribution in [0.5, 0.6) is 0 Å². The Morgan fingerprint density at radius 3 is 2.46 bits per heavy atom. The summed E-state index contributed by atoms with van der Waals surface area (Å²) >= 11 is 0. The lowest BCUT2D eigenvalue weighted by Crippen LogP contribution is -2.68. The predicted octanol–water partition coefficient (Wildman–Crippen LogP) is 4.48. The predicted molar refractivity (Wildman–Crippen MR) is 130 cm³/mol. The normalized spacial score (nSPS) is 22.5. The second kappa shape index (κ2) is 10.1. The minimum absolute atomic E-state index is 0.0181. The van der Waals surface area contributed by atoms with Crippen molar-refractivity contribution in [3.8, 4) is 11.1 Å². The van der Waals surface area contributed by atoms with E-state index in [1.807, 2.05) is 12.1 Å². The molecule has 2 aromatic carbocycles. The molecule has 182 valence electrons.